The Morgan fingerprint density at radius 3 is 2.57 bits per heavy atom. The maximum Gasteiger partial charge on any atom is 0.162 e. The quantitative estimate of drug-likeness (QED) is 0.765. The van der Waals surface area contributed by atoms with Gasteiger partial charge in [-0.25, -0.2) is 0 Å². The Labute approximate surface area is 123 Å². The van der Waals surface area contributed by atoms with Crippen molar-refractivity contribution in [2.24, 2.45) is 0 Å². The van der Waals surface area contributed by atoms with E-state index in [1.165, 1.54) is 0 Å². The minimum absolute atomic E-state index is 0.0333. The fraction of sp³-hybridized carbons (Fsp3) is 0.235. The molecule has 1 aliphatic rings. The van der Waals surface area contributed by atoms with Crippen LogP contribution in [-0.2, 0) is 11.3 Å². The van der Waals surface area contributed by atoms with Gasteiger partial charge in [-0.05, 0) is 23.8 Å². The van der Waals surface area contributed by atoms with Crippen molar-refractivity contribution in [2.45, 2.75) is 12.7 Å². The van der Waals surface area contributed by atoms with Gasteiger partial charge < -0.3 is 14.2 Å². The molecule has 3 rings (SSSR count). The van der Waals surface area contributed by atoms with E-state index >= 15 is 0 Å². The summed E-state index contributed by atoms with van der Waals surface area (Å²) in [6.07, 6.45) is 0.830. The van der Waals surface area contributed by atoms with Crippen LogP contribution in [0.3, 0.4) is 0 Å². The molecular weight excluding hydrogens is 268 g/mol. The molecule has 0 N–H and O–H groups in total. The molecule has 1 heterocycles. The zero-order valence-electron chi connectivity index (χ0n) is 11.5. The second-order valence-corrected chi connectivity index (χ2v) is 4.88. The van der Waals surface area contributed by atoms with Gasteiger partial charge >= 0.3 is 0 Å². The minimum Gasteiger partial charge on any atom is -0.485 e. The summed E-state index contributed by atoms with van der Waals surface area (Å²) in [6, 6.07) is 15.1. The van der Waals surface area contributed by atoms with Crippen molar-refractivity contribution in [1.29, 1.82) is 0 Å². The Morgan fingerprint density at radius 1 is 1.10 bits per heavy atom. The van der Waals surface area contributed by atoms with Crippen LogP contribution in [0.15, 0.2) is 48.5 Å². The van der Waals surface area contributed by atoms with Gasteiger partial charge in [-0.2, -0.15) is 0 Å². The van der Waals surface area contributed by atoms with Gasteiger partial charge in [0.2, 0.25) is 0 Å². The Morgan fingerprint density at radius 2 is 1.90 bits per heavy atom. The van der Waals surface area contributed by atoms with Gasteiger partial charge in [0.15, 0.2) is 11.5 Å². The number of hydrogen-bond donors (Lipinski definition) is 0. The van der Waals surface area contributed by atoms with Gasteiger partial charge in [-0.1, -0.05) is 30.3 Å². The van der Waals surface area contributed by atoms with E-state index in [1.54, 1.807) is 18.2 Å². The molecule has 0 aliphatic carbocycles. The third-order valence-corrected chi connectivity index (χ3v) is 3.24. The molecule has 4 nitrogen and oxygen atoms in total. The molecule has 0 aromatic heterocycles. The van der Waals surface area contributed by atoms with Crippen LogP contribution in [0.2, 0.25) is 0 Å². The largest absolute Gasteiger partial charge is 0.485 e. The summed E-state index contributed by atoms with van der Waals surface area (Å²) >= 11 is 0. The van der Waals surface area contributed by atoms with Crippen LogP contribution >= 0.6 is 0 Å². The molecule has 4 heteroatoms. The number of benzene rings is 2. The van der Waals surface area contributed by atoms with Crippen LogP contribution in [-0.4, -0.2) is 25.6 Å². The van der Waals surface area contributed by atoms with E-state index in [1.807, 2.05) is 30.3 Å². The summed E-state index contributed by atoms with van der Waals surface area (Å²) in [5.74, 6) is 1.22. The molecule has 0 atom stereocenters. The van der Waals surface area contributed by atoms with Crippen LogP contribution < -0.4 is 9.47 Å². The highest BCUT2D eigenvalue weighted by atomic mass is 16.6. The van der Waals surface area contributed by atoms with Gasteiger partial charge in [0.05, 0.1) is 13.2 Å². The van der Waals surface area contributed by atoms with E-state index in [9.17, 15) is 4.79 Å². The molecule has 1 saturated heterocycles. The zero-order chi connectivity index (χ0) is 14.5. The van der Waals surface area contributed by atoms with Crippen LogP contribution in [0.25, 0.3) is 0 Å². The highest BCUT2D eigenvalue weighted by Gasteiger charge is 2.22. The predicted molar refractivity (Wildman–Crippen MR) is 77.8 cm³/mol. The average molecular weight is 284 g/mol. The second kappa shape index (κ2) is 6.41. The number of aldehydes is 1. The molecular formula is C17H16O4. The van der Waals surface area contributed by atoms with E-state index in [4.69, 9.17) is 14.2 Å². The first-order chi connectivity index (χ1) is 10.3. The number of carbonyl (C=O) groups is 1. The molecule has 0 amide bonds. The van der Waals surface area contributed by atoms with E-state index in [-0.39, 0.29) is 6.10 Å². The summed E-state index contributed by atoms with van der Waals surface area (Å²) in [6.45, 7) is 1.60. The lowest BCUT2D eigenvalue weighted by Crippen LogP contribution is -2.38. The molecule has 0 radical (unpaired) electrons. The van der Waals surface area contributed by atoms with Crippen LogP contribution in [0.4, 0.5) is 0 Å². The van der Waals surface area contributed by atoms with E-state index in [0.717, 1.165) is 11.8 Å². The lowest BCUT2D eigenvalue weighted by Gasteiger charge is -2.27. The summed E-state index contributed by atoms with van der Waals surface area (Å²) in [4.78, 5) is 10.9. The summed E-state index contributed by atoms with van der Waals surface area (Å²) in [5.41, 5.74) is 1.65. The highest BCUT2D eigenvalue weighted by molar-refractivity contribution is 5.76. The van der Waals surface area contributed by atoms with Crippen molar-refractivity contribution < 1.29 is 19.0 Å². The molecule has 2 aromatic carbocycles. The van der Waals surface area contributed by atoms with Crippen LogP contribution in [0.1, 0.15) is 15.9 Å². The summed E-state index contributed by atoms with van der Waals surface area (Å²) < 4.78 is 16.7. The predicted octanol–water partition coefficient (Wildman–Crippen LogP) is 2.86. The van der Waals surface area contributed by atoms with Crippen molar-refractivity contribution in [3.05, 3.63) is 59.7 Å². The van der Waals surface area contributed by atoms with Crippen molar-refractivity contribution in [3.8, 4) is 11.5 Å². The topological polar surface area (TPSA) is 44.8 Å². The van der Waals surface area contributed by atoms with E-state index in [0.29, 0.717) is 36.9 Å². The fourth-order valence-electron chi connectivity index (χ4n) is 2.01. The SMILES string of the molecule is O=Cc1ccc(OCc2ccccc2)c(OC2COC2)c1. The lowest BCUT2D eigenvalue weighted by molar-refractivity contribution is -0.0805. The fourth-order valence-corrected chi connectivity index (χ4v) is 2.01. The van der Waals surface area contributed by atoms with Crippen LogP contribution in [0.5, 0.6) is 11.5 Å². The molecule has 1 aliphatic heterocycles. The van der Waals surface area contributed by atoms with E-state index < -0.39 is 0 Å². The average Bonchev–Trinajstić information content (AvgIpc) is 2.50. The monoisotopic (exact) mass is 284 g/mol. The number of ether oxygens (including phenoxy) is 3. The standard InChI is InChI=1S/C17H16O4/c18-9-14-6-7-16(17(8-14)21-15-11-19-12-15)20-10-13-4-2-1-3-5-13/h1-9,15H,10-12H2. The third kappa shape index (κ3) is 3.41. The number of carbonyl (C=O) groups excluding carboxylic acids is 1. The normalized spacial score (nSPS) is 14.3. The zero-order valence-corrected chi connectivity index (χ0v) is 11.5. The molecule has 0 unspecified atom stereocenters. The van der Waals surface area contributed by atoms with Gasteiger partial charge in [-0.15, -0.1) is 0 Å². The summed E-state index contributed by atoms with van der Waals surface area (Å²) in [7, 11) is 0. The van der Waals surface area contributed by atoms with Crippen molar-refractivity contribution in [3.63, 3.8) is 0 Å². The van der Waals surface area contributed by atoms with Crippen molar-refractivity contribution in [1.82, 2.24) is 0 Å². The van der Waals surface area contributed by atoms with Crippen molar-refractivity contribution >= 4 is 6.29 Å². The van der Waals surface area contributed by atoms with Gasteiger partial charge in [0, 0.05) is 5.56 Å². The molecule has 0 spiro atoms. The maximum atomic E-state index is 10.9. The van der Waals surface area contributed by atoms with Gasteiger partial charge in [0.25, 0.3) is 0 Å². The molecule has 0 saturated carbocycles. The first kappa shape index (κ1) is 13.6. The maximum absolute atomic E-state index is 10.9. The number of hydrogen-bond acceptors (Lipinski definition) is 4. The Hall–Kier alpha value is -2.33. The Bertz CT molecular complexity index is 605. The van der Waals surface area contributed by atoms with Crippen LogP contribution in [0, 0.1) is 0 Å². The lowest BCUT2D eigenvalue weighted by atomic mass is 10.2. The third-order valence-electron chi connectivity index (χ3n) is 3.24. The van der Waals surface area contributed by atoms with Gasteiger partial charge in [0.1, 0.15) is 19.0 Å². The minimum atomic E-state index is 0.0333. The first-order valence-electron chi connectivity index (χ1n) is 6.85. The Kier molecular flexibility index (Phi) is 4.17. The molecule has 21 heavy (non-hydrogen) atoms. The van der Waals surface area contributed by atoms with Gasteiger partial charge in [-0.3, -0.25) is 4.79 Å². The van der Waals surface area contributed by atoms with E-state index in [2.05, 4.69) is 0 Å². The number of rotatable bonds is 6. The second-order valence-electron chi connectivity index (χ2n) is 4.88. The smallest absolute Gasteiger partial charge is 0.162 e. The first-order valence-corrected chi connectivity index (χ1v) is 6.85. The molecule has 0 bridgehead atoms. The highest BCUT2D eigenvalue weighted by Crippen LogP contribution is 2.30. The molecule has 2 aromatic rings. The Balaban J connectivity index is 1.74. The summed E-state index contributed by atoms with van der Waals surface area (Å²) in [5, 5.41) is 0. The molecule has 1 fully saturated rings. The van der Waals surface area contributed by atoms with Crippen molar-refractivity contribution in [2.75, 3.05) is 13.2 Å². The molecule has 108 valence electrons.